The molecule has 8 heteroatoms. The van der Waals surface area contributed by atoms with Gasteiger partial charge in [-0.05, 0) is 45.7 Å². The third-order valence-corrected chi connectivity index (χ3v) is 6.78. The van der Waals surface area contributed by atoms with E-state index in [9.17, 15) is 9.59 Å². The van der Waals surface area contributed by atoms with Crippen LogP contribution in [0.2, 0.25) is 0 Å². The predicted octanol–water partition coefficient (Wildman–Crippen LogP) is 2.45. The Morgan fingerprint density at radius 2 is 1.85 bits per heavy atom. The lowest BCUT2D eigenvalue weighted by molar-refractivity contribution is -0.149. The first-order valence-electron chi connectivity index (χ1n) is 11.8. The standard InChI is InChI=1S/C25H35N5O3/c1-19-23(20(2)30(27-19)16-21-8-5-4-6-9-21)26-22(31)17-28-11-7-10-25(3,18-28)24(32)29-12-14-33-15-13-29/h4-6,8-9H,7,10-18H2,1-3H3,(H,26,31). The first-order chi connectivity index (χ1) is 15.9. The van der Waals surface area contributed by atoms with Gasteiger partial charge in [0.05, 0.1) is 48.8 Å². The summed E-state index contributed by atoms with van der Waals surface area (Å²) in [6.07, 6.45) is 1.76. The normalized spacial score (nSPS) is 21.7. The smallest absolute Gasteiger partial charge is 0.238 e. The van der Waals surface area contributed by atoms with Crippen molar-refractivity contribution in [3.63, 3.8) is 0 Å². The van der Waals surface area contributed by atoms with Crippen molar-refractivity contribution >= 4 is 17.5 Å². The van der Waals surface area contributed by atoms with Gasteiger partial charge in [0.2, 0.25) is 11.8 Å². The van der Waals surface area contributed by atoms with Crippen LogP contribution >= 0.6 is 0 Å². The van der Waals surface area contributed by atoms with E-state index in [4.69, 9.17) is 4.74 Å². The van der Waals surface area contributed by atoms with Crippen LogP contribution in [0.15, 0.2) is 30.3 Å². The molecule has 0 saturated carbocycles. The molecule has 2 aromatic rings. The average molecular weight is 454 g/mol. The first-order valence-corrected chi connectivity index (χ1v) is 11.8. The highest BCUT2D eigenvalue weighted by Crippen LogP contribution is 2.32. The van der Waals surface area contributed by atoms with Crippen molar-refractivity contribution < 1.29 is 14.3 Å². The molecule has 1 atom stereocenters. The molecule has 178 valence electrons. The number of ether oxygens (including phenoxy) is 1. The van der Waals surface area contributed by atoms with Crippen molar-refractivity contribution in [1.29, 1.82) is 0 Å². The molecule has 8 nitrogen and oxygen atoms in total. The number of rotatable bonds is 6. The Morgan fingerprint density at radius 3 is 2.58 bits per heavy atom. The van der Waals surface area contributed by atoms with Gasteiger partial charge >= 0.3 is 0 Å². The fourth-order valence-corrected chi connectivity index (χ4v) is 4.97. The molecular weight excluding hydrogens is 418 g/mol. The maximum atomic E-state index is 13.2. The van der Waals surface area contributed by atoms with Crippen LogP contribution in [-0.2, 0) is 20.9 Å². The second-order valence-corrected chi connectivity index (χ2v) is 9.52. The molecule has 0 aliphatic carbocycles. The molecule has 1 aromatic heterocycles. The van der Waals surface area contributed by atoms with Crippen LogP contribution in [0.5, 0.6) is 0 Å². The summed E-state index contributed by atoms with van der Waals surface area (Å²) in [7, 11) is 0. The number of morpholine rings is 1. The number of carbonyl (C=O) groups excluding carboxylic acids is 2. The molecule has 1 N–H and O–H groups in total. The monoisotopic (exact) mass is 453 g/mol. The zero-order chi connectivity index (χ0) is 23.4. The van der Waals surface area contributed by atoms with Crippen LogP contribution in [0.25, 0.3) is 0 Å². The molecular formula is C25H35N5O3. The number of benzene rings is 1. The Morgan fingerprint density at radius 1 is 1.12 bits per heavy atom. The van der Waals surface area contributed by atoms with Crippen molar-refractivity contribution in [2.24, 2.45) is 5.41 Å². The van der Waals surface area contributed by atoms with Crippen molar-refractivity contribution in [2.75, 3.05) is 51.3 Å². The SMILES string of the molecule is Cc1nn(Cc2ccccc2)c(C)c1NC(=O)CN1CCCC(C)(C(=O)N2CCOCC2)C1. The van der Waals surface area contributed by atoms with Crippen LogP contribution in [0.1, 0.15) is 36.7 Å². The van der Waals surface area contributed by atoms with Crippen molar-refractivity contribution in [2.45, 2.75) is 40.2 Å². The van der Waals surface area contributed by atoms with Gasteiger partial charge < -0.3 is 15.0 Å². The van der Waals surface area contributed by atoms with Gasteiger partial charge in [-0.25, -0.2) is 0 Å². The van der Waals surface area contributed by atoms with Crippen LogP contribution < -0.4 is 5.32 Å². The van der Waals surface area contributed by atoms with Gasteiger partial charge in [-0.15, -0.1) is 0 Å². The highest BCUT2D eigenvalue weighted by atomic mass is 16.5. The Labute approximate surface area is 195 Å². The van der Waals surface area contributed by atoms with E-state index in [1.165, 1.54) is 5.56 Å². The van der Waals surface area contributed by atoms with E-state index < -0.39 is 5.41 Å². The van der Waals surface area contributed by atoms with E-state index in [0.29, 0.717) is 39.4 Å². The summed E-state index contributed by atoms with van der Waals surface area (Å²) in [6.45, 7) is 10.8. The number of anilines is 1. The number of nitrogens with one attached hydrogen (secondary N) is 1. The third-order valence-electron chi connectivity index (χ3n) is 6.78. The maximum absolute atomic E-state index is 13.2. The molecule has 1 aromatic carbocycles. The lowest BCUT2D eigenvalue weighted by Crippen LogP contribution is -2.54. The summed E-state index contributed by atoms with van der Waals surface area (Å²) in [4.78, 5) is 30.1. The van der Waals surface area contributed by atoms with Gasteiger partial charge in [0.25, 0.3) is 0 Å². The van der Waals surface area contributed by atoms with E-state index in [1.54, 1.807) is 0 Å². The second-order valence-electron chi connectivity index (χ2n) is 9.52. The summed E-state index contributed by atoms with van der Waals surface area (Å²) >= 11 is 0. The molecule has 2 fully saturated rings. The lowest BCUT2D eigenvalue weighted by Gasteiger charge is -2.42. The summed E-state index contributed by atoms with van der Waals surface area (Å²) in [5.74, 6) is 0.119. The highest BCUT2D eigenvalue weighted by Gasteiger charge is 2.41. The highest BCUT2D eigenvalue weighted by molar-refractivity contribution is 5.93. The van der Waals surface area contributed by atoms with Gasteiger partial charge in [0.15, 0.2) is 0 Å². The fraction of sp³-hybridized carbons (Fsp3) is 0.560. The van der Waals surface area contributed by atoms with E-state index in [2.05, 4.69) is 27.4 Å². The van der Waals surface area contributed by atoms with Crippen LogP contribution in [0, 0.1) is 19.3 Å². The molecule has 2 aliphatic rings. The third kappa shape index (κ3) is 5.45. The number of aryl methyl sites for hydroxylation is 1. The molecule has 0 spiro atoms. The van der Waals surface area contributed by atoms with Crippen LogP contribution in [0.4, 0.5) is 5.69 Å². The molecule has 1 unspecified atom stereocenters. The summed E-state index contributed by atoms with van der Waals surface area (Å²) in [6, 6.07) is 10.2. The summed E-state index contributed by atoms with van der Waals surface area (Å²) in [5, 5.41) is 7.71. The number of likely N-dealkylation sites (tertiary alicyclic amines) is 1. The zero-order valence-electron chi connectivity index (χ0n) is 20.0. The number of hydrogen-bond donors (Lipinski definition) is 1. The summed E-state index contributed by atoms with van der Waals surface area (Å²) < 4.78 is 7.32. The number of aromatic nitrogens is 2. The number of piperidine rings is 1. The molecule has 0 bridgehead atoms. The van der Waals surface area contributed by atoms with Crippen molar-refractivity contribution in [3.05, 3.63) is 47.3 Å². The molecule has 33 heavy (non-hydrogen) atoms. The number of nitrogens with zero attached hydrogens (tertiary/aromatic N) is 4. The quantitative estimate of drug-likeness (QED) is 0.727. The average Bonchev–Trinajstić information content (AvgIpc) is 3.07. The second kappa shape index (κ2) is 10.1. The first kappa shape index (κ1) is 23.4. The number of hydrogen-bond acceptors (Lipinski definition) is 5. The van der Waals surface area contributed by atoms with Gasteiger partial charge in [0.1, 0.15) is 0 Å². The number of carbonyl (C=O) groups is 2. The minimum atomic E-state index is -0.456. The maximum Gasteiger partial charge on any atom is 0.238 e. The molecule has 3 heterocycles. The van der Waals surface area contributed by atoms with Gasteiger partial charge in [-0.2, -0.15) is 5.10 Å². The predicted molar refractivity (Wildman–Crippen MR) is 127 cm³/mol. The topological polar surface area (TPSA) is 79.7 Å². The largest absolute Gasteiger partial charge is 0.378 e. The van der Waals surface area contributed by atoms with E-state index >= 15 is 0 Å². The Hall–Kier alpha value is -2.71. The number of amides is 2. The van der Waals surface area contributed by atoms with Crippen LogP contribution in [-0.4, -0.2) is 77.3 Å². The van der Waals surface area contributed by atoms with E-state index in [-0.39, 0.29) is 18.4 Å². The summed E-state index contributed by atoms with van der Waals surface area (Å²) in [5.41, 5.74) is 3.24. The molecule has 2 amide bonds. The molecule has 2 aliphatic heterocycles. The van der Waals surface area contributed by atoms with Gasteiger partial charge in [0, 0.05) is 19.6 Å². The zero-order valence-corrected chi connectivity index (χ0v) is 20.0. The van der Waals surface area contributed by atoms with Gasteiger partial charge in [-0.1, -0.05) is 30.3 Å². The fourth-order valence-electron chi connectivity index (χ4n) is 4.97. The van der Waals surface area contributed by atoms with Crippen molar-refractivity contribution in [1.82, 2.24) is 19.6 Å². The Balaban J connectivity index is 1.37. The van der Waals surface area contributed by atoms with E-state index in [0.717, 1.165) is 36.5 Å². The molecule has 0 radical (unpaired) electrons. The Kier molecular flexibility index (Phi) is 7.14. The van der Waals surface area contributed by atoms with Crippen molar-refractivity contribution in [3.8, 4) is 0 Å². The van der Waals surface area contributed by atoms with Crippen LogP contribution in [0.3, 0.4) is 0 Å². The molecule has 4 rings (SSSR count). The van der Waals surface area contributed by atoms with E-state index in [1.807, 2.05) is 48.6 Å². The minimum Gasteiger partial charge on any atom is -0.378 e. The molecule has 2 saturated heterocycles. The Bertz CT molecular complexity index is 983. The van der Waals surface area contributed by atoms with Gasteiger partial charge in [-0.3, -0.25) is 19.2 Å². The lowest BCUT2D eigenvalue weighted by atomic mass is 9.80. The minimum absolute atomic E-state index is 0.0662.